The maximum Gasteiger partial charge on any atom is 0.273 e. The summed E-state index contributed by atoms with van der Waals surface area (Å²) < 4.78 is 8.33. The Morgan fingerprint density at radius 2 is 1.93 bits per heavy atom. The van der Waals surface area contributed by atoms with Gasteiger partial charge in [-0.25, -0.2) is 4.68 Å². The van der Waals surface area contributed by atoms with Gasteiger partial charge in [0.2, 0.25) is 0 Å². The van der Waals surface area contributed by atoms with Crippen molar-refractivity contribution in [3.63, 3.8) is 0 Å². The fraction of sp³-hybridized carbons (Fsp3) is 0.591. The van der Waals surface area contributed by atoms with Crippen LogP contribution in [-0.4, -0.2) is 64.7 Å². The Hall–Kier alpha value is -1.77. The minimum Gasteiger partial charge on any atom is -0.379 e. The van der Waals surface area contributed by atoms with E-state index in [9.17, 15) is 4.79 Å². The summed E-state index contributed by atoms with van der Waals surface area (Å²) in [6.45, 7) is 8.42. The molecule has 1 unspecified atom stereocenters. The van der Waals surface area contributed by atoms with Crippen molar-refractivity contribution >= 4 is 21.8 Å². The van der Waals surface area contributed by atoms with E-state index in [4.69, 9.17) is 4.74 Å². The van der Waals surface area contributed by atoms with Crippen LogP contribution in [0, 0.1) is 5.92 Å². The zero-order valence-corrected chi connectivity index (χ0v) is 19.3. The Bertz CT molecular complexity index is 857. The zero-order valence-electron chi connectivity index (χ0n) is 17.7. The van der Waals surface area contributed by atoms with Crippen LogP contribution in [-0.2, 0) is 4.74 Å². The molecule has 2 fully saturated rings. The van der Waals surface area contributed by atoms with Gasteiger partial charge in [-0.3, -0.25) is 9.69 Å². The number of ether oxygens (including phenoxy) is 1. The van der Waals surface area contributed by atoms with Crippen LogP contribution < -0.4 is 5.32 Å². The highest BCUT2D eigenvalue weighted by Gasteiger charge is 2.34. The number of nitrogens with zero attached hydrogens (tertiary/aromatic N) is 4. The van der Waals surface area contributed by atoms with E-state index in [1.165, 1.54) is 0 Å². The molecule has 0 bridgehead atoms. The molecular weight excluding hydrogens is 446 g/mol. The average molecular weight is 476 g/mol. The minimum atomic E-state index is -0.123. The second-order valence-electron chi connectivity index (χ2n) is 8.63. The molecule has 162 valence electrons. The fourth-order valence-electron chi connectivity index (χ4n) is 4.09. The van der Waals surface area contributed by atoms with Crippen LogP contribution in [0.2, 0.25) is 0 Å². The van der Waals surface area contributed by atoms with Crippen molar-refractivity contribution in [1.29, 1.82) is 0 Å². The lowest BCUT2D eigenvalue weighted by Gasteiger charge is -2.35. The van der Waals surface area contributed by atoms with Crippen molar-refractivity contribution in [1.82, 2.24) is 25.2 Å². The molecule has 1 saturated heterocycles. The van der Waals surface area contributed by atoms with Crippen molar-refractivity contribution in [3.05, 3.63) is 40.1 Å². The van der Waals surface area contributed by atoms with Gasteiger partial charge in [0.1, 0.15) is 0 Å². The zero-order chi connectivity index (χ0) is 21.1. The van der Waals surface area contributed by atoms with Crippen LogP contribution in [0.25, 0.3) is 5.69 Å². The Labute approximate surface area is 186 Å². The van der Waals surface area contributed by atoms with E-state index in [-0.39, 0.29) is 5.91 Å². The first-order chi connectivity index (χ1) is 14.5. The molecule has 30 heavy (non-hydrogen) atoms. The molecule has 1 aromatic carbocycles. The third-order valence-corrected chi connectivity index (χ3v) is 6.29. The van der Waals surface area contributed by atoms with Crippen LogP contribution in [0.5, 0.6) is 0 Å². The number of carbonyl (C=O) groups is 1. The maximum absolute atomic E-state index is 13.1. The van der Waals surface area contributed by atoms with Crippen molar-refractivity contribution in [2.24, 2.45) is 5.92 Å². The first-order valence-corrected chi connectivity index (χ1v) is 11.6. The summed E-state index contributed by atoms with van der Waals surface area (Å²) in [5.74, 6) is 0.799. The number of morpholine rings is 1. The molecule has 1 atom stereocenters. The molecular formula is C22H30BrN5O2. The summed E-state index contributed by atoms with van der Waals surface area (Å²) in [4.78, 5) is 15.5. The molecule has 8 heteroatoms. The molecule has 1 amide bonds. The Morgan fingerprint density at radius 3 is 2.57 bits per heavy atom. The number of rotatable bonds is 8. The first kappa shape index (κ1) is 21.5. The lowest BCUT2D eigenvalue weighted by Crippen LogP contribution is -2.49. The molecule has 0 spiro atoms. The van der Waals surface area contributed by atoms with Crippen LogP contribution in [0.3, 0.4) is 0 Å². The molecule has 1 N–H and O–H groups in total. The minimum absolute atomic E-state index is 0.123. The van der Waals surface area contributed by atoms with Crippen molar-refractivity contribution < 1.29 is 9.53 Å². The Morgan fingerprint density at radius 1 is 1.23 bits per heavy atom. The number of hydrogen-bond acceptors (Lipinski definition) is 5. The summed E-state index contributed by atoms with van der Waals surface area (Å²) >= 11 is 3.47. The molecule has 4 rings (SSSR count). The van der Waals surface area contributed by atoms with E-state index < -0.39 is 0 Å². The topological polar surface area (TPSA) is 72.3 Å². The van der Waals surface area contributed by atoms with Gasteiger partial charge in [0, 0.05) is 36.1 Å². The molecule has 1 aliphatic carbocycles. The molecule has 2 heterocycles. The predicted molar refractivity (Wildman–Crippen MR) is 119 cm³/mol. The lowest BCUT2D eigenvalue weighted by atomic mass is 10.0. The van der Waals surface area contributed by atoms with Crippen LogP contribution in [0.4, 0.5) is 0 Å². The van der Waals surface area contributed by atoms with E-state index in [0.717, 1.165) is 61.4 Å². The third-order valence-electron chi connectivity index (χ3n) is 5.76. The number of halogens is 1. The standard InChI is InChI=1S/C22H30BrN5O2/c1-15(2)13-19(27-9-11-30-12-10-27)14-24-22(29)20-21(16-3-4-16)28(26-25-20)18-7-5-17(23)6-8-18/h5-8,15-16,19H,3-4,9-14H2,1-2H3,(H,24,29). The normalized spacial score (nSPS) is 18.5. The van der Waals surface area contributed by atoms with E-state index in [1.807, 2.05) is 28.9 Å². The molecule has 1 saturated carbocycles. The number of nitrogens with one attached hydrogen (secondary N) is 1. The van der Waals surface area contributed by atoms with Crippen molar-refractivity contribution in [2.45, 2.75) is 45.1 Å². The number of carbonyl (C=O) groups excluding carboxylic acids is 1. The van der Waals surface area contributed by atoms with E-state index in [1.54, 1.807) is 0 Å². The van der Waals surface area contributed by atoms with Crippen LogP contribution >= 0.6 is 15.9 Å². The maximum atomic E-state index is 13.1. The summed E-state index contributed by atoms with van der Waals surface area (Å²) in [6.07, 6.45) is 3.20. The molecule has 0 radical (unpaired) electrons. The smallest absolute Gasteiger partial charge is 0.273 e. The molecule has 1 aliphatic heterocycles. The van der Waals surface area contributed by atoms with E-state index in [0.29, 0.717) is 30.1 Å². The van der Waals surface area contributed by atoms with Crippen molar-refractivity contribution in [3.8, 4) is 5.69 Å². The third kappa shape index (κ3) is 5.10. The number of benzene rings is 1. The van der Waals surface area contributed by atoms with Gasteiger partial charge in [-0.15, -0.1) is 5.10 Å². The average Bonchev–Trinajstić information content (AvgIpc) is 3.49. The van der Waals surface area contributed by atoms with Gasteiger partial charge < -0.3 is 10.1 Å². The summed E-state index contributed by atoms with van der Waals surface area (Å²) in [5.41, 5.74) is 2.32. The summed E-state index contributed by atoms with van der Waals surface area (Å²) in [6, 6.07) is 8.24. The van der Waals surface area contributed by atoms with Gasteiger partial charge in [0.15, 0.2) is 5.69 Å². The van der Waals surface area contributed by atoms with Gasteiger partial charge in [0.05, 0.1) is 24.6 Å². The Kier molecular flexibility index (Phi) is 6.85. The second kappa shape index (κ2) is 9.58. The van der Waals surface area contributed by atoms with Gasteiger partial charge >= 0.3 is 0 Å². The highest BCUT2D eigenvalue weighted by Crippen LogP contribution is 2.42. The highest BCUT2D eigenvalue weighted by molar-refractivity contribution is 9.10. The second-order valence-corrected chi connectivity index (χ2v) is 9.54. The predicted octanol–water partition coefficient (Wildman–Crippen LogP) is 3.38. The van der Waals surface area contributed by atoms with E-state index in [2.05, 4.69) is 50.3 Å². The van der Waals surface area contributed by atoms with E-state index >= 15 is 0 Å². The monoisotopic (exact) mass is 475 g/mol. The first-order valence-electron chi connectivity index (χ1n) is 10.8. The van der Waals surface area contributed by atoms with Crippen LogP contribution in [0.1, 0.15) is 55.2 Å². The largest absolute Gasteiger partial charge is 0.379 e. The Balaban J connectivity index is 1.49. The number of hydrogen-bond donors (Lipinski definition) is 1. The molecule has 7 nitrogen and oxygen atoms in total. The molecule has 2 aliphatic rings. The lowest BCUT2D eigenvalue weighted by molar-refractivity contribution is 0.0124. The van der Waals surface area contributed by atoms with Gasteiger partial charge in [0.25, 0.3) is 5.91 Å². The van der Waals surface area contributed by atoms with Crippen molar-refractivity contribution in [2.75, 3.05) is 32.8 Å². The number of aromatic nitrogens is 3. The fourth-order valence-corrected chi connectivity index (χ4v) is 4.35. The molecule has 1 aromatic heterocycles. The quantitative estimate of drug-likeness (QED) is 0.633. The molecule has 2 aromatic rings. The SMILES string of the molecule is CC(C)CC(CNC(=O)c1nnn(-c2ccc(Br)cc2)c1C1CC1)N1CCOCC1. The highest BCUT2D eigenvalue weighted by atomic mass is 79.9. The van der Waals surface area contributed by atoms with Gasteiger partial charge in [-0.1, -0.05) is 35.0 Å². The van der Waals surface area contributed by atoms with Crippen LogP contribution in [0.15, 0.2) is 28.7 Å². The van der Waals surface area contributed by atoms with Gasteiger partial charge in [-0.05, 0) is 49.4 Å². The summed E-state index contributed by atoms with van der Waals surface area (Å²) in [5, 5.41) is 11.8. The number of amides is 1. The van der Waals surface area contributed by atoms with Gasteiger partial charge in [-0.2, -0.15) is 0 Å². The summed E-state index contributed by atoms with van der Waals surface area (Å²) in [7, 11) is 0.